The Hall–Kier alpha value is -5.17. The predicted octanol–water partition coefficient (Wildman–Crippen LogP) is 5.60. The number of imide groups is 1. The minimum atomic E-state index is -4.81. The van der Waals surface area contributed by atoms with E-state index in [1.165, 1.54) is 10.7 Å². The van der Waals surface area contributed by atoms with Crippen LogP contribution in [0.4, 0.5) is 37.7 Å². The molecule has 2 atom stereocenters. The molecule has 0 radical (unpaired) electrons. The number of amides is 4. The number of piperazine rings is 1. The first kappa shape index (κ1) is 45.8. The summed E-state index contributed by atoms with van der Waals surface area (Å²) < 4.78 is 92.1. The van der Waals surface area contributed by atoms with E-state index < -0.39 is 65.2 Å². The standard InChI is InChI=1S/C42H47F6N9O5S/c1-40(2)38(61)56(26-9-8-24(21-49)30(20-26)41(43,44)45)39(63)57(40)25-10-12-27(13-11-25)62-19-5-16-54-17-18-55(32(22-54)42(46,47)48)23-34(59)50-31-7-4-6-28-35(52-53(3)36(28)31)29-14-15-33(58)51-37(29)60/h4,6-9,20,25,27,29,32H,5,10-19,22-23H2,1-3H3,(H,50,59)(H,51,58,60)/t25?,27?,29?,32-/m1/s1. The second kappa shape index (κ2) is 17.8. The molecule has 0 spiro atoms. The Morgan fingerprint density at radius 3 is 2.44 bits per heavy atom. The van der Waals surface area contributed by atoms with Crippen LogP contribution in [0.5, 0.6) is 0 Å². The van der Waals surface area contributed by atoms with Crippen LogP contribution in [0, 0.1) is 11.3 Å². The molecule has 0 bridgehead atoms. The summed E-state index contributed by atoms with van der Waals surface area (Å²) in [6, 6.07) is 7.55. The number of thiocarbonyl (C=S) groups is 1. The third-order valence-electron chi connectivity index (χ3n) is 12.4. The van der Waals surface area contributed by atoms with Gasteiger partial charge in [0.1, 0.15) is 11.6 Å². The number of carbonyl (C=O) groups excluding carboxylic acids is 4. The molecule has 4 fully saturated rings. The maximum Gasteiger partial charge on any atom is 0.417 e. The van der Waals surface area contributed by atoms with Gasteiger partial charge in [-0.2, -0.15) is 36.7 Å². The Bertz CT molecular complexity index is 2340. The van der Waals surface area contributed by atoms with E-state index in [-0.39, 0.29) is 54.8 Å². The fourth-order valence-electron chi connectivity index (χ4n) is 9.29. The van der Waals surface area contributed by atoms with Gasteiger partial charge >= 0.3 is 12.4 Å². The third-order valence-corrected chi connectivity index (χ3v) is 12.8. The summed E-state index contributed by atoms with van der Waals surface area (Å²) in [5.41, 5.74) is -1.67. The van der Waals surface area contributed by atoms with Gasteiger partial charge in [0.25, 0.3) is 5.91 Å². The number of alkyl halides is 6. The van der Waals surface area contributed by atoms with Crippen LogP contribution in [0.1, 0.15) is 81.5 Å². The number of hydrogen-bond acceptors (Lipinski definition) is 10. The number of aryl methyl sites for hydroxylation is 1. The van der Waals surface area contributed by atoms with Crippen LogP contribution in [-0.4, -0.2) is 122 Å². The van der Waals surface area contributed by atoms with Crippen molar-refractivity contribution in [2.24, 2.45) is 7.05 Å². The molecular formula is C42H47F6N9O5S. The Labute approximate surface area is 364 Å². The largest absolute Gasteiger partial charge is 0.417 e. The van der Waals surface area contributed by atoms with Gasteiger partial charge in [-0.05, 0) is 88.9 Å². The molecule has 7 rings (SSSR count). The van der Waals surface area contributed by atoms with E-state index in [0.717, 1.165) is 21.9 Å². The van der Waals surface area contributed by atoms with E-state index in [9.17, 15) is 50.8 Å². The number of rotatable bonds is 11. The number of fused-ring (bicyclic) bond motifs is 1. The number of anilines is 2. The van der Waals surface area contributed by atoms with Crippen molar-refractivity contribution in [1.29, 1.82) is 5.26 Å². The maximum atomic E-state index is 14.4. The number of nitrogens with one attached hydrogen (secondary N) is 2. The van der Waals surface area contributed by atoms with Gasteiger partial charge in [0.2, 0.25) is 17.7 Å². The molecule has 2 N–H and O–H groups in total. The van der Waals surface area contributed by atoms with Crippen molar-refractivity contribution in [3.8, 4) is 6.07 Å². The highest BCUT2D eigenvalue weighted by Gasteiger charge is 2.53. The quantitative estimate of drug-likeness (QED) is 0.107. The average Bonchev–Trinajstić information content (AvgIpc) is 3.64. The number of benzene rings is 2. The van der Waals surface area contributed by atoms with Gasteiger partial charge in [0.15, 0.2) is 5.11 Å². The van der Waals surface area contributed by atoms with E-state index in [2.05, 4.69) is 15.7 Å². The molecule has 1 aliphatic carbocycles. The smallest absolute Gasteiger partial charge is 0.378 e. The van der Waals surface area contributed by atoms with E-state index in [4.69, 9.17) is 17.0 Å². The number of nitriles is 1. The zero-order chi connectivity index (χ0) is 45.6. The first-order chi connectivity index (χ1) is 29.7. The molecule has 4 aliphatic rings. The van der Waals surface area contributed by atoms with Crippen molar-refractivity contribution >= 4 is 63.2 Å². The number of para-hydroxylation sites is 1. The van der Waals surface area contributed by atoms with Crippen molar-refractivity contribution in [1.82, 2.24) is 29.8 Å². The molecule has 4 amide bonds. The van der Waals surface area contributed by atoms with Crippen LogP contribution in [-0.2, 0) is 37.1 Å². The second-order valence-corrected chi connectivity index (χ2v) is 17.3. The molecule has 3 aliphatic heterocycles. The Kier molecular flexibility index (Phi) is 12.9. The van der Waals surface area contributed by atoms with Crippen molar-refractivity contribution < 1.29 is 50.3 Å². The van der Waals surface area contributed by atoms with Crippen LogP contribution in [0.15, 0.2) is 36.4 Å². The van der Waals surface area contributed by atoms with Crippen LogP contribution in [0.25, 0.3) is 10.9 Å². The molecule has 3 aromatic rings. The average molecular weight is 904 g/mol. The minimum Gasteiger partial charge on any atom is -0.378 e. The maximum absolute atomic E-state index is 14.4. The topological polar surface area (TPSA) is 156 Å². The Balaban J connectivity index is 0.886. The number of piperidine rings is 1. The molecule has 63 heavy (non-hydrogen) atoms. The van der Waals surface area contributed by atoms with Crippen LogP contribution in [0.2, 0.25) is 0 Å². The van der Waals surface area contributed by atoms with Crippen molar-refractivity contribution in [2.45, 2.75) is 101 Å². The zero-order valence-corrected chi connectivity index (χ0v) is 35.6. The molecule has 2 aromatic carbocycles. The zero-order valence-electron chi connectivity index (χ0n) is 34.8. The van der Waals surface area contributed by atoms with Crippen molar-refractivity contribution in [2.75, 3.05) is 49.5 Å². The lowest BCUT2D eigenvalue weighted by Gasteiger charge is -2.42. The van der Waals surface area contributed by atoms with Crippen molar-refractivity contribution in [3.63, 3.8) is 0 Å². The molecule has 338 valence electrons. The highest BCUT2D eigenvalue weighted by atomic mass is 32.1. The van der Waals surface area contributed by atoms with Gasteiger partial charge < -0.3 is 19.9 Å². The summed E-state index contributed by atoms with van der Waals surface area (Å²) >= 11 is 5.69. The first-order valence-electron chi connectivity index (χ1n) is 20.7. The van der Waals surface area contributed by atoms with Crippen LogP contribution < -0.4 is 15.5 Å². The molecule has 21 heteroatoms. The lowest BCUT2D eigenvalue weighted by Crippen LogP contribution is -2.60. The lowest BCUT2D eigenvalue weighted by molar-refractivity contribution is -0.197. The highest BCUT2D eigenvalue weighted by molar-refractivity contribution is 7.80. The van der Waals surface area contributed by atoms with Gasteiger partial charge in [-0.3, -0.25) is 39.0 Å². The number of halogens is 6. The minimum absolute atomic E-state index is 0.00134. The van der Waals surface area contributed by atoms with E-state index >= 15 is 0 Å². The number of carbonyl (C=O) groups is 4. The normalized spacial score (nSPS) is 23.9. The summed E-state index contributed by atoms with van der Waals surface area (Å²) in [6.07, 6.45) is -6.27. The molecule has 14 nitrogen and oxygen atoms in total. The second-order valence-electron chi connectivity index (χ2n) is 16.9. The van der Waals surface area contributed by atoms with E-state index in [1.807, 2.05) is 0 Å². The molecular weight excluding hydrogens is 857 g/mol. The van der Waals surface area contributed by atoms with Gasteiger partial charge in [-0.1, -0.05) is 12.1 Å². The summed E-state index contributed by atoms with van der Waals surface area (Å²) in [5.74, 6) is -2.62. The fraction of sp³-hybridized carbons (Fsp3) is 0.548. The number of aromatic nitrogens is 2. The van der Waals surface area contributed by atoms with E-state index in [0.29, 0.717) is 74.1 Å². The molecule has 1 saturated carbocycles. The Morgan fingerprint density at radius 2 is 1.78 bits per heavy atom. The fourth-order valence-corrected chi connectivity index (χ4v) is 9.86. The Morgan fingerprint density at radius 1 is 1.05 bits per heavy atom. The monoisotopic (exact) mass is 903 g/mol. The third kappa shape index (κ3) is 9.40. The molecule has 1 unspecified atom stereocenters. The molecule has 3 saturated heterocycles. The van der Waals surface area contributed by atoms with Crippen molar-refractivity contribution in [3.05, 3.63) is 53.2 Å². The van der Waals surface area contributed by atoms with Gasteiger partial charge in [-0.15, -0.1) is 0 Å². The highest BCUT2D eigenvalue weighted by Crippen LogP contribution is 2.41. The summed E-state index contributed by atoms with van der Waals surface area (Å²) in [7, 11) is 1.64. The number of hydrogen-bond donors (Lipinski definition) is 2. The van der Waals surface area contributed by atoms with Gasteiger partial charge in [0, 0.05) is 57.7 Å². The lowest BCUT2D eigenvalue weighted by atomic mass is 9.89. The SMILES string of the molecule is Cn1nc(C2CCC(=O)NC2=O)c2cccc(NC(=O)CN3CCN(CCCOC4CCC(N5C(=S)N(c6ccc(C#N)c(C(F)(F)F)c6)C(=O)C5(C)C)CC4)C[C@@H]3C(F)(F)F)c21. The van der Waals surface area contributed by atoms with Gasteiger partial charge in [-0.25, -0.2) is 0 Å². The number of nitrogens with zero attached hydrogens (tertiary/aromatic N) is 7. The summed E-state index contributed by atoms with van der Waals surface area (Å²) in [4.78, 5) is 56.9. The summed E-state index contributed by atoms with van der Waals surface area (Å²) in [5, 5.41) is 19.4. The predicted molar refractivity (Wildman–Crippen MR) is 221 cm³/mol. The van der Waals surface area contributed by atoms with Gasteiger partial charge in [0.05, 0.1) is 58.3 Å². The van der Waals surface area contributed by atoms with E-state index in [1.54, 1.807) is 55.0 Å². The molecule has 1 aromatic heterocycles. The summed E-state index contributed by atoms with van der Waals surface area (Å²) in [6.45, 7) is 3.47. The van der Waals surface area contributed by atoms with Crippen LogP contribution >= 0.6 is 12.2 Å². The molecule has 4 heterocycles. The first-order valence-corrected chi connectivity index (χ1v) is 21.1. The number of ether oxygens (including phenoxy) is 1. The van der Waals surface area contributed by atoms with Crippen LogP contribution in [0.3, 0.4) is 0 Å².